The zero-order valence-electron chi connectivity index (χ0n) is 11.5. The van der Waals surface area contributed by atoms with Crippen LogP contribution in [0.1, 0.15) is 23.0 Å². The Kier molecular flexibility index (Phi) is 2.86. The highest BCUT2D eigenvalue weighted by Gasteiger charge is 2.15. The second-order valence-electron chi connectivity index (χ2n) is 4.89. The van der Waals surface area contributed by atoms with Crippen LogP contribution in [0.15, 0.2) is 24.4 Å². The van der Waals surface area contributed by atoms with E-state index in [0.717, 1.165) is 21.8 Å². The molecule has 2 aromatic heterocycles. The number of aromatic carboxylic acids is 1. The molecule has 0 saturated carbocycles. The fourth-order valence-electron chi connectivity index (χ4n) is 2.55. The van der Waals surface area contributed by atoms with Crippen LogP contribution >= 0.6 is 0 Å². The first-order valence-corrected chi connectivity index (χ1v) is 6.39. The second-order valence-corrected chi connectivity index (χ2v) is 4.89. The van der Waals surface area contributed by atoms with E-state index in [9.17, 15) is 14.7 Å². The molecule has 106 valence electrons. The molecule has 3 rings (SSSR count). The van der Waals surface area contributed by atoms with Gasteiger partial charge >= 0.3 is 5.97 Å². The highest BCUT2D eigenvalue weighted by molar-refractivity contribution is 6.12. The number of benzene rings is 1. The second kappa shape index (κ2) is 4.59. The Morgan fingerprint density at radius 1 is 1.29 bits per heavy atom. The molecule has 0 unspecified atom stereocenters. The lowest BCUT2D eigenvalue weighted by molar-refractivity contribution is -0.114. The number of anilines is 1. The van der Waals surface area contributed by atoms with Crippen molar-refractivity contribution < 1.29 is 14.7 Å². The molecule has 0 aliphatic carbocycles. The Morgan fingerprint density at radius 2 is 2.05 bits per heavy atom. The molecular weight excluding hydrogens is 270 g/mol. The van der Waals surface area contributed by atoms with Gasteiger partial charge in [0.15, 0.2) is 5.69 Å². The number of aromatic amines is 1. The van der Waals surface area contributed by atoms with E-state index >= 15 is 0 Å². The molecule has 0 spiro atoms. The summed E-state index contributed by atoms with van der Waals surface area (Å²) in [5.74, 6) is -1.21. The Morgan fingerprint density at radius 3 is 2.71 bits per heavy atom. The van der Waals surface area contributed by atoms with Gasteiger partial charge in [0.2, 0.25) is 5.91 Å². The van der Waals surface area contributed by atoms with Gasteiger partial charge in [0, 0.05) is 28.9 Å². The smallest absolute Gasteiger partial charge is 0.354 e. The predicted octanol–water partition coefficient (Wildman–Crippen LogP) is 2.68. The zero-order valence-corrected chi connectivity index (χ0v) is 11.5. The Bertz CT molecular complexity index is 896. The maximum absolute atomic E-state index is 11.2. The summed E-state index contributed by atoms with van der Waals surface area (Å²) < 4.78 is 0. The minimum Gasteiger partial charge on any atom is -0.477 e. The average molecular weight is 283 g/mol. The first-order chi connectivity index (χ1) is 9.97. The molecule has 0 bridgehead atoms. The van der Waals surface area contributed by atoms with Crippen LogP contribution in [-0.4, -0.2) is 27.0 Å². The van der Waals surface area contributed by atoms with Gasteiger partial charge in [-0.3, -0.25) is 4.79 Å². The van der Waals surface area contributed by atoms with Gasteiger partial charge < -0.3 is 15.4 Å². The van der Waals surface area contributed by atoms with Gasteiger partial charge in [-0.05, 0) is 30.7 Å². The number of fused-ring (bicyclic) bond motifs is 3. The standard InChI is InChI=1S/C15H13N3O3/c1-7-13-10-5-9(17-8(2)19)3-4-11(10)18-12(13)6-16-14(7)15(20)21/h3-6,18H,1-2H3,(H,17,19)(H,20,21). The minimum atomic E-state index is -1.05. The molecule has 2 heterocycles. The maximum atomic E-state index is 11.2. The number of carbonyl (C=O) groups is 2. The molecule has 3 aromatic rings. The zero-order chi connectivity index (χ0) is 15.1. The van der Waals surface area contributed by atoms with E-state index < -0.39 is 5.97 Å². The lowest BCUT2D eigenvalue weighted by atomic mass is 10.1. The number of carboxylic acids is 1. The lowest BCUT2D eigenvalue weighted by Crippen LogP contribution is -2.05. The van der Waals surface area contributed by atoms with Crippen LogP contribution in [-0.2, 0) is 4.79 Å². The normalized spacial score (nSPS) is 11.0. The summed E-state index contributed by atoms with van der Waals surface area (Å²) in [6.07, 6.45) is 1.52. The van der Waals surface area contributed by atoms with E-state index in [4.69, 9.17) is 0 Å². The third-order valence-electron chi connectivity index (χ3n) is 3.40. The van der Waals surface area contributed by atoms with Crippen molar-refractivity contribution in [3.8, 4) is 0 Å². The number of carbonyl (C=O) groups excluding carboxylic acids is 1. The SMILES string of the molecule is CC(=O)Nc1ccc2[nH]c3cnc(C(=O)O)c(C)c3c2c1. The van der Waals surface area contributed by atoms with Gasteiger partial charge in [-0.25, -0.2) is 9.78 Å². The van der Waals surface area contributed by atoms with Crippen molar-refractivity contribution in [2.75, 3.05) is 5.32 Å². The average Bonchev–Trinajstić information content (AvgIpc) is 2.76. The summed E-state index contributed by atoms with van der Waals surface area (Å²) in [4.78, 5) is 29.5. The number of aryl methyl sites for hydroxylation is 1. The van der Waals surface area contributed by atoms with Crippen molar-refractivity contribution >= 4 is 39.4 Å². The van der Waals surface area contributed by atoms with Crippen LogP contribution in [0.4, 0.5) is 5.69 Å². The Balaban J connectivity index is 2.33. The maximum Gasteiger partial charge on any atom is 0.354 e. The molecule has 1 amide bonds. The minimum absolute atomic E-state index is 0.0355. The van der Waals surface area contributed by atoms with Crippen LogP contribution in [0.25, 0.3) is 21.8 Å². The van der Waals surface area contributed by atoms with Gasteiger partial charge in [0.05, 0.1) is 11.7 Å². The van der Waals surface area contributed by atoms with E-state index in [1.807, 2.05) is 12.1 Å². The molecule has 21 heavy (non-hydrogen) atoms. The Labute approximate surface area is 119 Å². The highest BCUT2D eigenvalue weighted by Crippen LogP contribution is 2.30. The van der Waals surface area contributed by atoms with Crippen LogP contribution < -0.4 is 5.32 Å². The van der Waals surface area contributed by atoms with Crippen LogP contribution in [0, 0.1) is 6.92 Å². The van der Waals surface area contributed by atoms with Crippen molar-refractivity contribution in [3.63, 3.8) is 0 Å². The van der Waals surface area contributed by atoms with Crippen molar-refractivity contribution in [1.29, 1.82) is 0 Å². The van der Waals surface area contributed by atoms with Crippen LogP contribution in [0.5, 0.6) is 0 Å². The number of pyridine rings is 1. The van der Waals surface area contributed by atoms with Crippen LogP contribution in [0.3, 0.4) is 0 Å². The fourth-order valence-corrected chi connectivity index (χ4v) is 2.55. The number of H-pyrrole nitrogens is 1. The monoisotopic (exact) mass is 283 g/mol. The molecule has 1 aromatic carbocycles. The molecule has 0 atom stereocenters. The molecular formula is C15H13N3O3. The molecule has 0 radical (unpaired) electrons. The molecule has 0 fully saturated rings. The summed E-state index contributed by atoms with van der Waals surface area (Å²) >= 11 is 0. The number of aromatic nitrogens is 2. The number of hydrogen-bond acceptors (Lipinski definition) is 3. The molecule has 3 N–H and O–H groups in total. The molecule has 0 saturated heterocycles. The molecule has 6 heteroatoms. The number of hydrogen-bond donors (Lipinski definition) is 3. The number of amides is 1. The molecule has 0 aliphatic rings. The highest BCUT2D eigenvalue weighted by atomic mass is 16.4. The van der Waals surface area contributed by atoms with Gasteiger partial charge in [0.1, 0.15) is 0 Å². The van der Waals surface area contributed by atoms with E-state index in [2.05, 4.69) is 15.3 Å². The first-order valence-electron chi connectivity index (χ1n) is 6.39. The van der Waals surface area contributed by atoms with E-state index in [0.29, 0.717) is 11.3 Å². The van der Waals surface area contributed by atoms with Crippen molar-refractivity contribution in [2.45, 2.75) is 13.8 Å². The third-order valence-corrected chi connectivity index (χ3v) is 3.40. The lowest BCUT2D eigenvalue weighted by Gasteiger charge is -2.04. The molecule has 0 aliphatic heterocycles. The van der Waals surface area contributed by atoms with E-state index in [1.54, 1.807) is 13.0 Å². The first kappa shape index (κ1) is 13.1. The summed E-state index contributed by atoms with van der Waals surface area (Å²) in [6.45, 7) is 3.17. The number of carboxylic acid groups (broad SMARTS) is 1. The van der Waals surface area contributed by atoms with Crippen molar-refractivity contribution in [3.05, 3.63) is 35.7 Å². The number of nitrogens with zero attached hydrogens (tertiary/aromatic N) is 1. The summed E-state index contributed by atoms with van der Waals surface area (Å²) in [6, 6.07) is 5.47. The quantitative estimate of drug-likeness (QED) is 0.673. The summed E-state index contributed by atoms with van der Waals surface area (Å²) in [5, 5.41) is 13.6. The number of rotatable bonds is 2. The summed E-state index contributed by atoms with van der Waals surface area (Å²) in [5.41, 5.74) is 2.95. The van der Waals surface area contributed by atoms with Gasteiger partial charge in [-0.15, -0.1) is 0 Å². The number of nitrogens with one attached hydrogen (secondary N) is 2. The van der Waals surface area contributed by atoms with Gasteiger partial charge in [-0.1, -0.05) is 0 Å². The largest absolute Gasteiger partial charge is 0.477 e. The summed E-state index contributed by atoms with van der Waals surface area (Å²) in [7, 11) is 0. The van der Waals surface area contributed by atoms with E-state index in [-0.39, 0.29) is 11.6 Å². The van der Waals surface area contributed by atoms with Gasteiger partial charge in [-0.2, -0.15) is 0 Å². The van der Waals surface area contributed by atoms with Gasteiger partial charge in [0.25, 0.3) is 0 Å². The fraction of sp³-hybridized carbons (Fsp3) is 0.133. The van der Waals surface area contributed by atoms with Crippen molar-refractivity contribution in [2.24, 2.45) is 0 Å². The topological polar surface area (TPSA) is 95.1 Å². The Hall–Kier alpha value is -2.89. The predicted molar refractivity (Wildman–Crippen MR) is 79.6 cm³/mol. The van der Waals surface area contributed by atoms with Crippen molar-refractivity contribution in [1.82, 2.24) is 9.97 Å². The third kappa shape index (κ3) is 2.10. The van der Waals surface area contributed by atoms with E-state index in [1.165, 1.54) is 13.1 Å². The molecule has 6 nitrogen and oxygen atoms in total. The van der Waals surface area contributed by atoms with Crippen LogP contribution in [0.2, 0.25) is 0 Å².